The first-order valence-corrected chi connectivity index (χ1v) is 6.50. The number of aromatic nitrogens is 2. The number of fused-ring (bicyclic) bond motifs is 1. The molecule has 0 fully saturated rings. The van der Waals surface area contributed by atoms with Crippen LogP contribution in [-0.4, -0.2) is 9.97 Å². The molecule has 0 spiro atoms. The zero-order valence-electron chi connectivity index (χ0n) is 10.4. The predicted octanol–water partition coefficient (Wildman–Crippen LogP) is 2.48. The van der Waals surface area contributed by atoms with E-state index in [2.05, 4.69) is 28.2 Å². The Balaban J connectivity index is 2.06. The summed E-state index contributed by atoms with van der Waals surface area (Å²) in [4.78, 5) is 8.72. The van der Waals surface area contributed by atoms with Gasteiger partial charge in [-0.25, -0.2) is 0 Å². The molecule has 1 aromatic heterocycles. The summed E-state index contributed by atoms with van der Waals surface area (Å²) in [7, 11) is 0. The quantitative estimate of drug-likeness (QED) is 0.876. The van der Waals surface area contributed by atoms with Crippen LogP contribution >= 0.6 is 0 Å². The van der Waals surface area contributed by atoms with Gasteiger partial charge in [-0.15, -0.1) is 0 Å². The largest absolute Gasteiger partial charge is 0.325 e. The minimum Gasteiger partial charge on any atom is -0.325 e. The van der Waals surface area contributed by atoms with Gasteiger partial charge in [0.1, 0.15) is 0 Å². The van der Waals surface area contributed by atoms with Gasteiger partial charge in [-0.1, -0.05) is 12.1 Å². The van der Waals surface area contributed by atoms with Crippen LogP contribution in [0, 0.1) is 0 Å². The minimum absolute atomic E-state index is 0.431. The van der Waals surface area contributed by atoms with Crippen molar-refractivity contribution in [2.24, 2.45) is 5.73 Å². The van der Waals surface area contributed by atoms with Crippen LogP contribution in [0.1, 0.15) is 29.7 Å². The van der Waals surface area contributed by atoms with Gasteiger partial charge >= 0.3 is 0 Å². The van der Waals surface area contributed by atoms with Gasteiger partial charge in [0.2, 0.25) is 0 Å². The van der Waals surface area contributed by atoms with Crippen LogP contribution in [0.2, 0.25) is 0 Å². The molecule has 1 aliphatic rings. The van der Waals surface area contributed by atoms with E-state index in [-0.39, 0.29) is 0 Å². The molecule has 18 heavy (non-hydrogen) atoms. The molecule has 2 aromatic rings. The molecule has 1 aromatic carbocycles. The van der Waals surface area contributed by atoms with Crippen molar-refractivity contribution in [3.05, 3.63) is 47.4 Å². The standard InChI is InChI=1S/C15H17N3/c16-10-14-15(18-8-7-17-14)13-6-5-11-3-1-2-4-12(11)9-13/h5-9H,1-4,10,16H2. The van der Waals surface area contributed by atoms with Gasteiger partial charge in [-0.3, -0.25) is 9.97 Å². The number of nitrogens with zero attached hydrogens (tertiary/aromatic N) is 2. The monoisotopic (exact) mass is 239 g/mol. The van der Waals surface area contributed by atoms with Gasteiger partial charge in [0.25, 0.3) is 0 Å². The molecule has 0 atom stereocenters. The maximum Gasteiger partial charge on any atom is 0.0930 e. The Bertz CT molecular complexity index is 563. The summed E-state index contributed by atoms with van der Waals surface area (Å²) in [5.41, 5.74) is 11.6. The predicted molar refractivity (Wildman–Crippen MR) is 72.0 cm³/mol. The minimum atomic E-state index is 0.431. The van der Waals surface area contributed by atoms with Crippen molar-refractivity contribution in [1.82, 2.24) is 9.97 Å². The summed E-state index contributed by atoms with van der Waals surface area (Å²) in [5.74, 6) is 0. The molecular weight excluding hydrogens is 222 g/mol. The van der Waals surface area contributed by atoms with Crippen molar-refractivity contribution in [2.45, 2.75) is 32.2 Å². The van der Waals surface area contributed by atoms with Crippen molar-refractivity contribution < 1.29 is 0 Å². The van der Waals surface area contributed by atoms with Crippen LogP contribution in [0.5, 0.6) is 0 Å². The molecule has 0 radical (unpaired) electrons. The maximum absolute atomic E-state index is 5.72. The summed E-state index contributed by atoms with van der Waals surface area (Å²) >= 11 is 0. The molecule has 0 amide bonds. The van der Waals surface area contributed by atoms with E-state index in [1.807, 2.05) is 0 Å². The van der Waals surface area contributed by atoms with Crippen molar-refractivity contribution in [2.75, 3.05) is 0 Å². The van der Waals surface area contributed by atoms with E-state index < -0.39 is 0 Å². The Hall–Kier alpha value is -1.74. The van der Waals surface area contributed by atoms with Gasteiger partial charge in [0, 0.05) is 24.5 Å². The van der Waals surface area contributed by atoms with Crippen molar-refractivity contribution in [1.29, 1.82) is 0 Å². The van der Waals surface area contributed by atoms with E-state index >= 15 is 0 Å². The highest BCUT2D eigenvalue weighted by Crippen LogP contribution is 2.27. The van der Waals surface area contributed by atoms with Gasteiger partial charge in [0.05, 0.1) is 11.4 Å². The maximum atomic E-state index is 5.72. The lowest BCUT2D eigenvalue weighted by atomic mass is 9.89. The number of nitrogens with two attached hydrogens (primary N) is 1. The van der Waals surface area contributed by atoms with Crippen LogP contribution in [-0.2, 0) is 19.4 Å². The normalized spacial score (nSPS) is 14.3. The number of hydrogen-bond acceptors (Lipinski definition) is 3. The van der Waals surface area contributed by atoms with E-state index in [4.69, 9.17) is 5.73 Å². The number of benzene rings is 1. The lowest BCUT2D eigenvalue weighted by molar-refractivity contribution is 0.686. The Labute approximate surface area is 107 Å². The SMILES string of the molecule is NCc1nccnc1-c1ccc2c(c1)CCCC2. The molecular formula is C15H17N3. The van der Waals surface area contributed by atoms with Crippen molar-refractivity contribution >= 4 is 0 Å². The Kier molecular flexibility index (Phi) is 3.07. The molecule has 3 nitrogen and oxygen atoms in total. The highest BCUT2D eigenvalue weighted by Gasteiger charge is 2.12. The summed E-state index contributed by atoms with van der Waals surface area (Å²) in [6, 6.07) is 6.64. The van der Waals surface area contributed by atoms with Gasteiger partial charge < -0.3 is 5.73 Å². The third-order valence-corrected chi connectivity index (χ3v) is 3.59. The molecule has 0 saturated carbocycles. The first kappa shape index (κ1) is 11.4. The molecule has 0 saturated heterocycles. The number of hydrogen-bond donors (Lipinski definition) is 1. The van der Waals surface area contributed by atoms with E-state index in [1.165, 1.54) is 36.8 Å². The fraction of sp³-hybridized carbons (Fsp3) is 0.333. The van der Waals surface area contributed by atoms with Crippen LogP contribution in [0.3, 0.4) is 0 Å². The molecule has 1 heterocycles. The van der Waals surface area contributed by atoms with E-state index in [0.717, 1.165) is 17.0 Å². The van der Waals surface area contributed by atoms with E-state index in [9.17, 15) is 0 Å². The number of rotatable bonds is 2. The molecule has 0 bridgehead atoms. The van der Waals surface area contributed by atoms with Crippen LogP contribution in [0.25, 0.3) is 11.3 Å². The highest BCUT2D eigenvalue weighted by molar-refractivity contribution is 5.63. The zero-order chi connectivity index (χ0) is 12.4. The topological polar surface area (TPSA) is 51.8 Å². The summed E-state index contributed by atoms with van der Waals surface area (Å²) in [5, 5.41) is 0. The van der Waals surface area contributed by atoms with Crippen LogP contribution in [0.15, 0.2) is 30.6 Å². The van der Waals surface area contributed by atoms with Crippen molar-refractivity contribution in [3.8, 4) is 11.3 Å². The average molecular weight is 239 g/mol. The second kappa shape index (κ2) is 4.86. The Morgan fingerprint density at radius 1 is 1.00 bits per heavy atom. The summed E-state index contributed by atoms with van der Waals surface area (Å²) < 4.78 is 0. The van der Waals surface area contributed by atoms with Crippen molar-refractivity contribution in [3.63, 3.8) is 0 Å². The van der Waals surface area contributed by atoms with Gasteiger partial charge in [-0.2, -0.15) is 0 Å². The second-order valence-electron chi connectivity index (χ2n) is 4.75. The molecule has 0 aliphatic heterocycles. The Morgan fingerprint density at radius 3 is 2.61 bits per heavy atom. The van der Waals surface area contributed by atoms with Crippen LogP contribution in [0.4, 0.5) is 0 Å². The molecule has 3 rings (SSSR count). The fourth-order valence-corrected chi connectivity index (χ4v) is 2.64. The third kappa shape index (κ3) is 2.02. The first-order valence-electron chi connectivity index (χ1n) is 6.50. The molecule has 2 N–H and O–H groups in total. The lowest BCUT2D eigenvalue weighted by Gasteiger charge is -2.16. The smallest absolute Gasteiger partial charge is 0.0930 e. The molecule has 3 heteroatoms. The lowest BCUT2D eigenvalue weighted by Crippen LogP contribution is -2.05. The number of aryl methyl sites for hydroxylation is 2. The highest BCUT2D eigenvalue weighted by atomic mass is 14.8. The summed E-state index contributed by atoms with van der Waals surface area (Å²) in [6.07, 6.45) is 8.42. The average Bonchev–Trinajstić information content (AvgIpc) is 2.46. The molecule has 1 aliphatic carbocycles. The third-order valence-electron chi connectivity index (χ3n) is 3.59. The van der Waals surface area contributed by atoms with E-state index in [0.29, 0.717) is 6.54 Å². The van der Waals surface area contributed by atoms with Crippen LogP contribution < -0.4 is 5.73 Å². The summed E-state index contributed by atoms with van der Waals surface area (Å²) in [6.45, 7) is 0.431. The molecule has 0 unspecified atom stereocenters. The van der Waals surface area contributed by atoms with Gasteiger partial charge in [0.15, 0.2) is 0 Å². The second-order valence-corrected chi connectivity index (χ2v) is 4.75. The fourth-order valence-electron chi connectivity index (χ4n) is 2.64. The molecule has 92 valence electrons. The zero-order valence-corrected chi connectivity index (χ0v) is 10.4. The van der Waals surface area contributed by atoms with E-state index in [1.54, 1.807) is 12.4 Å². The first-order chi connectivity index (χ1) is 8.88. The van der Waals surface area contributed by atoms with Gasteiger partial charge in [-0.05, 0) is 42.9 Å². The Morgan fingerprint density at radius 2 is 1.78 bits per heavy atom.